The summed E-state index contributed by atoms with van der Waals surface area (Å²) in [5.41, 5.74) is 0.612. The summed E-state index contributed by atoms with van der Waals surface area (Å²) in [6, 6.07) is 6.84. The van der Waals surface area contributed by atoms with E-state index in [1.54, 1.807) is 19.1 Å². The van der Waals surface area contributed by atoms with Crippen LogP contribution in [0.3, 0.4) is 0 Å². The third-order valence-corrected chi connectivity index (χ3v) is 5.01. The predicted octanol–water partition coefficient (Wildman–Crippen LogP) is 1.17. The Labute approximate surface area is 159 Å². The number of halogens is 1. The summed E-state index contributed by atoms with van der Waals surface area (Å²) < 4.78 is 0. The van der Waals surface area contributed by atoms with Crippen LogP contribution in [-0.2, 0) is 21.7 Å². The van der Waals surface area contributed by atoms with E-state index in [4.69, 9.17) is 0 Å². The van der Waals surface area contributed by atoms with Crippen molar-refractivity contribution in [3.05, 3.63) is 35.4 Å². The van der Waals surface area contributed by atoms with Gasteiger partial charge in [-0.1, -0.05) is 24.3 Å². The molecule has 142 valence electrons. The van der Waals surface area contributed by atoms with Gasteiger partial charge in [-0.05, 0) is 49.9 Å². The monoisotopic (exact) mass is 380 g/mol. The van der Waals surface area contributed by atoms with Gasteiger partial charge in [-0.3, -0.25) is 14.9 Å². The number of nitrogens with one attached hydrogen (secondary N) is 4. The molecule has 3 rings (SSSR count). The molecule has 2 aliphatic rings. The number of rotatable bonds is 6. The van der Waals surface area contributed by atoms with Gasteiger partial charge in [0, 0.05) is 13.0 Å². The van der Waals surface area contributed by atoms with Gasteiger partial charge >= 0.3 is 6.03 Å². The van der Waals surface area contributed by atoms with Gasteiger partial charge in [0.25, 0.3) is 5.91 Å². The molecule has 4 N–H and O–H groups in total. The van der Waals surface area contributed by atoms with Crippen LogP contribution >= 0.6 is 12.4 Å². The van der Waals surface area contributed by atoms with Crippen molar-refractivity contribution in [1.29, 1.82) is 0 Å². The van der Waals surface area contributed by atoms with Crippen LogP contribution in [0.1, 0.15) is 37.3 Å². The average Bonchev–Trinajstić information content (AvgIpc) is 3.20. The molecule has 7 nitrogen and oxygen atoms in total. The van der Waals surface area contributed by atoms with Crippen LogP contribution in [0.15, 0.2) is 24.3 Å². The number of amides is 4. The normalized spacial score (nSPS) is 24.6. The second-order valence-corrected chi connectivity index (χ2v) is 6.90. The van der Waals surface area contributed by atoms with Gasteiger partial charge in [-0.25, -0.2) is 4.79 Å². The van der Waals surface area contributed by atoms with E-state index < -0.39 is 11.6 Å². The van der Waals surface area contributed by atoms with Crippen LogP contribution in [0.25, 0.3) is 0 Å². The summed E-state index contributed by atoms with van der Waals surface area (Å²) >= 11 is 0. The number of urea groups is 1. The molecule has 26 heavy (non-hydrogen) atoms. The smallest absolute Gasteiger partial charge is 0.322 e. The lowest BCUT2D eigenvalue weighted by Gasteiger charge is -2.21. The lowest BCUT2D eigenvalue weighted by Crippen LogP contribution is -2.40. The average molecular weight is 381 g/mol. The van der Waals surface area contributed by atoms with Crippen molar-refractivity contribution in [2.24, 2.45) is 5.92 Å². The summed E-state index contributed by atoms with van der Waals surface area (Å²) in [7, 11) is 0. The van der Waals surface area contributed by atoms with Crippen molar-refractivity contribution in [3.8, 4) is 0 Å². The van der Waals surface area contributed by atoms with Crippen LogP contribution in [0.5, 0.6) is 0 Å². The second-order valence-electron chi connectivity index (χ2n) is 6.90. The highest BCUT2D eigenvalue weighted by Gasteiger charge is 2.43. The molecular weight excluding hydrogens is 356 g/mol. The van der Waals surface area contributed by atoms with E-state index in [9.17, 15) is 14.4 Å². The Kier molecular flexibility index (Phi) is 6.61. The lowest BCUT2D eigenvalue weighted by molar-refractivity contribution is -0.123. The van der Waals surface area contributed by atoms with Crippen LogP contribution in [0.4, 0.5) is 4.79 Å². The van der Waals surface area contributed by atoms with Crippen molar-refractivity contribution in [2.75, 3.05) is 13.1 Å². The number of benzene rings is 1. The fourth-order valence-corrected chi connectivity index (χ4v) is 3.29. The first-order chi connectivity index (χ1) is 12.0. The quantitative estimate of drug-likeness (QED) is 0.557. The summed E-state index contributed by atoms with van der Waals surface area (Å²) in [6.45, 7) is 4.19. The molecule has 2 unspecified atom stereocenters. The molecule has 1 aromatic carbocycles. The molecule has 2 saturated heterocycles. The minimum atomic E-state index is -1.05. The number of hydrogen-bond acceptors (Lipinski definition) is 4. The highest BCUT2D eigenvalue weighted by atomic mass is 35.5. The number of carbonyl (C=O) groups excluding carboxylic acids is 3. The largest absolute Gasteiger partial charge is 0.352 e. The lowest BCUT2D eigenvalue weighted by atomic mass is 9.91. The Balaban J connectivity index is 0.00000243. The van der Waals surface area contributed by atoms with Gasteiger partial charge in [-0.15, -0.1) is 12.4 Å². The fourth-order valence-electron chi connectivity index (χ4n) is 3.29. The van der Waals surface area contributed by atoms with Gasteiger partial charge in [0.05, 0.1) is 0 Å². The molecule has 2 fully saturated rings. The zero-order valence-corrected chi connectivity index (χ0v) is 15.6. The molecule has 8 heteroatoms. The Morgan fingerprint density at radius 2 is 2.00 bits per heavy atom. The minimum absolute atomic E-state index is 0. The molecule has 0 radical (unpaired) electrons. The molecule has 2 aliphatic heterocycles. The Morgan fingerprint density at radius 3 is 2.58 bits per heavy atom. The molecule has 0 aromatic heterocycles. The van der Waals surface area contributed by atoms with E-state index in [-0.39, 0.29) is 24.2 Å². The fraction of sp³-hybridized carbons (Fsp3) is 0.500. The van der Waals surface area contributed by atoms with Crippen molar-refractivity contribution >= 4 is 30.3 Å². The first-order valence-electron chi connectivity index (χ1n) is 8.68. The molecule has 0 spiro atoms. The summed E-state index contributed by atoms with van der Waals surface area (Å²) in [5, 5.41) is 11.1. The summed E-state index contributed by atoms with van der Waals surface area (Å²) in [4.78, 5) is 35.2. The van der Waals surface area contributed by atoms with Crippen molar-refractivity contribution < 1.29 is 14.4 Å². The zero-order valence-electron chi connectivity index (χ0n) is 14.8. The topological polar surface area (TPSA) is 99.3 Å². The van der Waals surface area contributed by atoms with E-state index >= 15 is 0 Å². The van der Waals surface area contributed by atoms with Crippen LogP contribution in [0.2, 0.25) is 0 Å². The molecule has 0 saturated carbocycles. The van der Waals surface area contributed by atoms with Gasteiger partial charge in [0.1, 0.15) is 5.54 Å². The molecule has 2 atom stereocenters. The Bertz CT molecular complexity index is 674. The SMILES string of the molecule is CC1(c2ccc(CNC(=O)CCC3CCNC3)cc2)NC(=O)NC1=O.Cl. The van der Waals surface area contributed by atoms with E-state index in [2.05, 4.69) is 21.3 Å². The molecular formula is C18H25ClN4O3. The first kappa shape index (κ1) is 20.2. The highest BCUT2D eigenvalue weighted by Crippen LogP contribution is 2.24. The van der Waals surface area contributed by atoms with Crippen LogP contribution in [0, 0.1) is 5.92 Å². The number of carbonyl (C=O) groups is 3. The Hall–Kier alpha value is -2.12. The first-order valence-corrected chi connectivity index (χ1v) is 8.68. The number of hydrogen-bond donors (Lipinski definition) is 4. The summed E-state index contributed by atoms with van der Waals surface area (Å²) in [6.07, 6.45) is 2.62. The molecule has 0 bridgehead atoms. The van der Waals surface area contributed by atoms with E-state index in [0.717, 1.165) is 31.5 Å². The second kappa shape index (κ2) is 8.51. The third kappa shape index (κ3) is 4.53. The molecule has 0 aliphatic carbocycles. The van der Waals surface area contributed by atoms with Gasteiger partial charge in [0.15, 0.2) is 0 Å². The highest BCUT2D eigenvalue weighted by molar-refractivity contribution is 6.07. The molecule has 4 amide bonds. The zero-order chi connectivity index (χ0) is 17.9. The maximum Gasteiger partial charge on any atom is 0.322 e. The van der Waals surface area contributed by atoms with Crippen molar-refractivity contribution in [3.63, 3.8) is 0 Å². The minimum Gasteiger partial charge on any atom is -0.352 e. The summed E-state index contributed by atoms with van der Waals surface area (Å²) in [5.74, 6) is 0.309. The number of imide groups is 1. The maximum atomic E-state index is 11.9. The standard InChI is InChI=1S/C18H24N4O3.ClH/c1-18(16(24)21-17(25)22-18)14-5-2-12(3-6-14)11-20-15(23)7-4-13-8-9-19-10-13;/h2-3,5-6,13,19H,4,7-11H2,1H3,(H,20,23)(H2,21,22,24,25);1H. The molecule has 2 heterocycles. The van der Waals surface area contributed by atoms with Crippen molar-refractivity contribution in [1.82, 2.24) is 21.3 Å². The maximum absolute atomic E-state index is 11.9. The third-order valence-electron chi connectivity index (χ3n) is 5.01. The van der Waals surface area contributed by atoms with E-state index in [1.807, 2.05) is 12.1 Å². The van der Waals surface area contributed by atoms with Crippen LogP contribution in [-0.4, -0.2) is 30.9 Å². The Morgan fingerprint density at radius 1 is 1.27 bits per heavy atom. The van der Waals surface area contributed by atoms with Gasteiger partial charge in [-0.2, -0.15) is 0 Å². The van der Waals surface area contributed by atoms with E-state index in [1.165, 1.54) is 0 Å². The van der Waals surface area contributed by atoms with E-state index in [0.29, 0.717) is 24.4 Å². The van der Waals surface area contributed by atoms with Crippen molar-refractivity contribution in [2.45, 2.75) is 38.3 Å². The van der Waals surface area contributed by atoms with Crippen LogP contribution < -0.4 is 21.3 Å². The van der Waals surface area contributed by atoms with Gasteiger partial charge in [0.2, 0.25) is 5.91 Å². The van der Waals surface area contributed by atoms with Gasteiger partial charge < -0.3 is 16.0 Å². The predicted molar refractivity (Wildman–Crippen MR) is 99.8 cm³/mol. The molecule has 1 aromatic rings.